The van der Waals surface area contributed by atoms with Gasteiger partial charge in [0.15, 0.2) is 0 Å². The summed E-state index contributed by atoms with van der Waals surface area (Å²) in [5, 5.41) is 11.3. The number of aromatic nitrogens is 2. The summed E-state index contributed by atoms with van der Waals surface area (Å²) in [6.45, 7) is 2.29. The molecule has 26 heavy (non-hydrogen) atoms. The zero-order valence-corrected chi connectivity index (χ0v) is 14.8. The van der Waals surface area contributed by atoms with Crippen molar-refractivity contribution in [2.45, 2.75) is 32.7 Å². The predicted molar refractivity (Wildman–Crippen MR) is 90.2 cm³/mol. The van der Waals surface area contributed by atoms with Gasteiger partial charge < -0.3 is 5.21 Å². The van der Waals surface area contributed by atoms with Crippen LogP contribution in [0.15, 0.2) is 29.1 Å². The van der Waals surface area contributed by atoms with E-state index in [1.807, 2.05) is 0 Å². The van der Waals surface area contributed by atoms with Gasteiger partial charge in [-0.25, -0.2) is 4.98 Å². The third-order valence-corrected chi connectivity index (χ3v) is 4.20. The average Bonchev–Trinajstić information content (AvgIpc) is 2.57. The van der Waals surface area contributed by atoms with Crippen LogP contribution in [0.25, 0.3) is 0 Å². The van der Waals surface area contributed by atoms with Gasteiger partial charge in [-0.2, -0.15) is 18.7 Å². The fourth-order valence-corrected chi connectivity index (χ4v) is 2.56. The van der Waals surface area contributed by atoms with E-state index in [0.717, 1.165) is 5.56 Å². The van der Waals surface area contributed by atoms with Gasteiger partial charge in [-0.15, -0.1) is 0 Å². The van der Waals surface area contributed by atoms with E-state index < -0.39 is 18.9 Å². The molecule has 6 nitrogen and oxygen atoms in total. The van der Waals surface area contributed by atoms with E-state index >= 15 is 0 Å². The molecule has 3 N–H and O–H groups in total. The van der Waals surface area contributed by atoms with Crippen LogP contribution in [0, 0.1) is 13.8 Å². The molecule has 0 bridgehead atoms. The molecule has 0 saturated heterocycles. The molecule has 1 unspecified atom stereocenters. The van der Waals surface area contributed by atoms with E-state index in [4.69, 9.17) is 16.8 Å². The highest BCUT2D eigenvalue weighted by Gasteiger charge is 2.28. The number of hydrogen-bond donors (Lipinski definition) is 3. The van der Waals surface area contributed by atoms with Gasteiger partial charge in [0.05, 0.1) is 18.8 Å². The Morgan fingerprint density at radius 1 is 1.27 bits per heavy atom. The minimum atomic E-state index is -4.40. The maximum atomic E-state index is 12.3. The number of aryl methyl sites for hydroxylation is 2. The summed E-state index contributed by atoms with van der Waals surface area (Å²) in [5.74, 6) is 0.503. The van der Waals surface area contributed by atoms with Crippen molar-refractivity contribution < 1.29 is 18.4 Å². The summed E-state index contributed by atoms with van der Waals surface area (Å²) in [5.41, 5.74) is 3.03. The molecule has 0 saturated carbocycles. The van der Waals surface area contributed by atoms with Crippen LogP contribution in [-0.4, -0.2) is 27.5 Å². The van der Waals surface area contributed by atoms with Gasteiger partial charge in [-0.1, -0.05) is 35.9 Å². The first-order chi connectivity index (χ1) is 12.1. The lowest BCUT2D eigenvalue weighted by atomic mass is 10.1. The van der Waals surface area contributed by atoms with E-state index in [0.29, 0.717) is 17.1 Å². The molecule has 142 valence electrons. The average molecular weight is 391 g/mol. The molecular formula is C16H18ClF3N4O2. The molecule has 0 fully saturated rings. The zero-order chi connectivity index (χ0) is 19.5. The van der Waals surface area contributed by atoms with E-state index in [1.54, 1.807) is 43.6 Å². The highest BCUT2D eigenvalue weighted by molar-refractivity contribution is 6.30. The molecule has 1 aromatic carbocycles. The lowest BCUT2D eigenvalue weighted by Gasteiger charge is -2.19. The SMILES string of the molecule is Cc1nc(C)n(Cc2ccc(C(NO)NCC(F)(F)F)cc2)c(=O)c1Cl. The number of hydrogen-bond acceptors (Lipinski definition) is 5. The highest BCUT2D eigenvalue weighted by Crippen LogP contribution is 2.17. The summed E-state index contributed by atoms with van der Waals surface area (Å²) in [6.07, 6.45) is -5.48. The van der Waals surface area contributed by atoms with Crippen LogP contribution in [0.5, 0.6) is 0 Å². The fraction of sp³-hybridized carbons (Fsp3) is 0.375. The van der Waals surface area contributed by atoms with Crippen LogP contribution in [0.1, 0.15) is 28.8 Å². The summed E-state index contributed by atoms with van der Waals surface area (Å²) in [4.78, 5) is 16.5. The van der Waals surface area contributed by atoms with Gasteiger partial charge in [-0.05, 0) is 25.0 Å². The Kier molecular flexibility index (Phi) is 6.40. The Hall–Kier alpha value is -1.94. The first-order valence-corrected chi connectivity index (χ1v) is 8.02. The summed E-state index contributed by atoms with van der Waals surface area (Å²) < 4.78 is 38.3. The number of rotatable bonds is 6. The quantitative estimate of drug-likeness (QED) is 0.522. The van der Waals surface area contributed by atoms with Crippen molar-refractivity contribution in [3.63, 3.8) is 0 Å². The molecule has 1 aromatic heterocycles. The molecule has 0 radical (unpaired) electrons. The number of alkyl halides is 3. The van der Waals surface area contributed by atoms with Gasteiger partial charge in [0.2, 0.25) is 0 Å². The van der Waals surface area contributed by atoms with Crippen molar-refractivity contribution in [3.05, 3.63) is 62.3 Å². The van der Waals surface area contributed by atoms with Gasteiger partial charge in [0.25, 0.3) is 5.56 Å². The number of halogens is 4. The fourth-order valence-electron chi connectivity index (χ4n) is 2.41. The lowest BCUT2D eigenvalue weighted by Crippen LogP contribution is -2.38. The molecule has 0 aliphatic carbocycles. The smallest absolute Gasteiger partial charge is 0.315 e. The third-order valence-electron chi connectivity index (χ3n) is 3.76. The number of nitrogens with zero attached hydrogens (tertiary/aromatic N) is 2. The molecule has 1 heterocycles. The predicted octanol–water partition coefficient (Wildman–Crippen LogP) is 2.69. The Morgan fingerprint density at radius 3 is 2.42 bits per heavy atom. The minimum absolute atomic E-state index is 0.0492. The molecule has 0 aliphatic heterocycles. The highest BCUT2D eigenvalue weighted by atomic mass is 35.5. The van der Waals surface area contributed by atoms with E-state index in [1.165, 1.54) is 4.57 Å². The Labute approximate surface area is 152 Å². The summed E-state index contributed by atoms with van der Waals surface area (Å²) >= 11 is 5.95. The molecule has 1 atom stereocenters. The zero-order valence-electron chi connectivity index (χ0n) is 14.1. The van der Waals surface area contributed by atoms with Gasteiger partial charge >= 0.3 is 6.18 Å². The van der Waals surface area contributed by atoms with Crippen LogP contribution in [0.2, 0.25) is 5.02 Å². The van der Waals surface area contributed by atoms with E-state index in [9.17, 15) is 18.0 Å². The van der Waals surface area contributed by atoms with Crippen molar-refractivity contribution in [1.82, 2.24) is 20.3 Å². The molecule has 10 heteroatoms. The maximum Gasteiger partial charge on any atom is 0.401 e. The second-order valence-corrected chi connectivity index (χ2v) is 6.13. The summed E-state index contributed by atoms with van der Waals surface area (Å²) in [7, 11) is 0. The molecule has 2 rings (SSSR count). The maximum absolute atomic E-state index is 12.3. The first-order valence-electron chi connectivity index (χ1n) is 7.64. The van der Waals surface area contributed by atoms with E-state index in [2.05, 4.69) is 10.3 Å². The second kappa shape index (κ2) is 8.17. The molecule has 2 aromatic rings. The molecule has 0 amide bonds. The largest absolute Gasteiger partial charge is 0.401 e. The number of nitrogens with one attached hydrogen (secondary N) is 2. The van der Waals surface area contributed by atoms with Gasteiger partial charge in [-0.3, -0.25) is 14.7 Å². The lowest BCUT2D eigenvalue weighted by molar-refractivity contribution is -0.128. The normalized spacial score (nSPS) is 13.0. The van der Waals surface area contributed by atoms with Crippen molar-refractivity contribution in [2.75, 3.05) is 6.54 Å². The minimum Gasteiger partial charge on any atom is -0.315 e. The van der Waals surface area contributed by atoms with Gasteiger partial charge in [0, 0.05) is 0 Å². The molecule has 0 spiro atoms. The van der Waals surface area contributed by atoms with Crippen molar-refractivity contribution >= 4 is 11.6 Å². The van der Waals surface area contributed by atoms with Crippen LogP contribution < -0.4 is 16.4 Å². The van der Waals surface area contributed by atoms with Crippen LogP contribution in [0.3, 0.4) is 0 Å². The van der Waals surface area contributed by atoms with Crippen LogP contribution in [0.4, 0.5) is 13.2 Å². The topological polar surface area (TPSA) is 79.2 Å². The Bertz CT molecular complexity index is 822. The van der Waals surface area contributed by atoms with Crippen molar-refractivity contribution in [3.8, 4) is 0 Å². The van der Waals surface area contributed by atoms with E-state index in [-0.39, 0.29) is 17.1 Å². The Balaban J connectivity index is 2.17. The summed E-state index contributed by atoms with van der Waals surface area (Å²) in [6, 6.07) is 6.40. The third kappa shape index (κ3) is 5.04. The van der Waals surface area contributed by atoms with Crippen molar-refractivity contribution in [1.29, 1.82) is 0 Å². The van der Waals surface area contributed by atoms with Crippen LogP contribution >= 0.6 is 11.6 Å². The molecular weight excluding hydrogens is 373 g/mol. The number of benzene rings is 1. The van der Waals surface area contributed by atoms with Gasteiger partial charge in [0.1, 0.15) is 17.0 Å². The second-order valence-electron chi connectivity index (χ2n) is 5.75. The molecule has 0 aliphatic rings. The Morgan fingerprint density at radius 2 is 1.88 bits per heavy atom. The first kappa shape index (κ1) is 20.4. The number of hydroxylamine groups is 1. The monoisotopic (exact) mass is 390 g/mol. The van der Waals surface area contributed by atoms with Crippen LogP contribution in [-0.2, 0) is 6.54 Å². The van der Waals surface area contributed by atoms with Crippen molar-refractivity contribution in [2.24, 2.45) is 0 Å². The standard InChI is InChI=1S/C16H18ClF3N4O2/c1-9-13(17)15(25)24(10(2)22-9)7-11-3-5-12(6-4-11)14(23-26)21-8-16(18,19)20/h3-6,14,21,23,26H,7-8H2,1-2H3.